The smallest absolute Gasteiger partial charge is 0.362 e. The number of benzene rings is 8. The van der Waals surface area contributed by atoms with Gasteiger partial charge in [-0.3, -0.25) is 0 Å². The van der Waals surface area contributed by atoms with Gasteiger partial charge in [-0.2, -0.15) is 0 Å². The van der Waals surface area contributed by atoms with Crippen molar-refractivity contribution >= 4 is 100.0 Å². The van der Waals surface area contributed by atoms with Gasteiger partial charge in [0.2, 0.25) is 0 Å². The first kappa shape index (κ1) is 55.8. The Hall–Kier alpha value is -10.3. The zero-order valence-corrected chi connectivity index (χ0v) is 54.9. The monoisotopic (exact) mass is 1180 g/mol. The molecule has 0 fully saturated rings. The average Bonchev–Trinajstić information content (AvgIpc) is 1.50. The first-order valence-corrected chi connectivity index (χ1v) is 33.0. The summed E-state index contributed by atoms with van der Waals surface area (Å²) in [7, 11) is 0. The fourth-order valence-electron chi connectivity index (χ4n) is 19.8. The Morgan fingerprint density at radius 1 is 0.261 bits per heavy atom. The molecule has 0 bridgehead atoms. The van der Waals surface area contributed by atoms with Crippen molar-refractivity contribution in [2.24, 2.45) is 0 Å². The molecule has 0 N–H and O–H groups in total. The molecule has 92 heavy (non-hydrogen) atoms. The number of hydrogen-bond donors (Lipinski definition) is 0. The Bertz CT molecular complexity index is 5250. The quantitative estimate of drug-likeness (QED) is 0.156. The van der Waals surface area contributed by atoms with Crippen molar-refractivity contribution in [2.45, 2.75) is 83.1 Å². The SMILES string of the molecule is Cc1cc(C)c([B-]2(c3c(C)cc(C)cc3C)c3ccccc3-c3c(c4cccc5c6ccccc6c3n45)-c3cccc[n+]32)c(C)c1.Cc1cc(C)c([B-]2(c3c(C)cc(C)cc3C)c3ccccc3-c3c(c4cccc5c6ccccc6c3n45)-c3cccc[n+]32)c(C)c1. The lowest BCUT2D eigenvalue weighted by Crippen LogP contribution is -2.86. The molecule has 2 aliphatic rings. The molecule has 0 spiro atoms. The van der Waals surface area contributed by atoms with E-state index in [0.29, 0.717) is 0 Å². The molecular weight excluding hydrogens is 1110 g/mol. The Morgan fingerprint density at radius 2 is 0.543 bits per heavy atom. The first-order valence-electron chi connectivity index (χ1n) is 33.0. The molecule has 4 nitrogen and oxygen atoms in total. The van der Waals surface area contributed by atoms with Crippen LogP contribution >= 0.6 is 0 Å². The molecule has 0 saturated carbocycles. The van der Waals surface area contributed by atoms with Gasteiger partial charge in [-0.05, 0) is 131 Å². The number of fused-ring (bicyclic) bond motifs is 20. The van der Waals surface area contributed by atoms with Gasteiger partial charge in [0.05, 0.1) is 44.2 Å². The second kappa shape index (κ2) is 20.1. The highest BCUT2D eigenvalue weighted by atomic mass is 15.0. The molecule has 16 aromatic rings. The summed E-state index contributed by atoms with van der Waals surface area (Å²) < 4.78 is 10.4. The highest BCUT2D eigenvalue weighted by Crippen LogP contribution is 2.49. The third-order valence-corrected chi connectivity index (χ3v) is 21.9. The van der Waals surface area contributed by atoms with Gasteiger partial charge >= 0.3 is 12.6 Å². The van der Waals surface area contributed by atoms with Crippen LogP contribution < -0.4 is 41.7 Å². The van der Waals surface area contributed by atoms with E-state index in [1.807, 2.05) is 0 Å². The Morgan fingerprint density at radius 3 is 0.880 bits per heavy atom. The van der Waals surface area contributed by atoms with Crippen molar-refractivity contribution < 1.29 is 8.96 Å². The highest BCUT2D eigenvalue weighted by Gasteiger charge is 2.53. The van der Waals surface area contributed by atoms with Gasteiger partial charge in [0.25, 0.3) is 0 Å². The van der Waals surface area contributed by atoms with Crippen LogP contribution in [0, 0.1) is 83.1 Å². The second-order valence-corrected chi connectivity index (χ2v) is 27.6. The molecule has 0 unspecified atom stereocenters. The standard InChI is InChI=1S/2C43H37BN2/c2*1-26-22-28(3)41(29(4)23-26)44(42-30(5)24-27(2)25-31(42)6)35-17-10-9-16-34(35)39-40(37-18-11-12-21-45(37)44)38-20-13-19-36-32-14-7-8-15-33(32)43(39)46(36)38/h2*7-25H,1-6H3. The summed E-state index contributed by atoms with van der Waals surface area (Å²) in [6.45, 7) is 27.5. The van der Waals surface area contributed by atoms with E-state index in [1.54, 1.807) is 0 Å². The van der Waals surface area contributed by atoms with E-state index < -0.39 is 12.6 Å². The third-order valence-electron chi connectivity index (χ3n) is 21.9. The van der Waals surface area contributed by atoms with Crippen molar-refractivity contribution in [1.29, 1.82) is 0 Å². The molecule has 0 atom stereocenters. The normalized spacial score (nSPS) is 13.6. The molecule has 0 amide bonds. The number of rotatable bonds is 4. The summed E-state index contributed by atoms with van der Waals surface area (Å²) in [5.74, 6) is 0. The van der Waals surface area contributed by atoms with Crippen LogP contribution in [0.15, 0.2) is 231 Å². The summed E-state index contributed by atoms with van der Waals surface area (Å²) in [6.07, 6.45) is 1.35. The van der Waals surface area contributed by atoms with E-state index >= 15 is 0 Å². The van der Waals surface area contributed by atoms with E-state index in [1.165, 1.54) is 199 Å². The van der Waals surface area contributed by atoms with Crippen LogP contribution in [0.4, 0.5) is 0 Å². The molecule has 0 aliphatic carbocycles. The van der Waals surface area contributed by atoms with Crippen LogP contribution in [0.2, 0.25) is 0 Å². The summed E-state index contributed by atoms with van der Waals surface area (Å²) in [6, 6.07) is 83.0. The topological polar surface area (TPSA) is 16.6 Å². The van der Waals surface area contributed by atoms with Crippen molar-refractivity contribution in [3.05, 3.63) is 298 Å². The fraction of sp³-hybridized carbons (Fsp3) is 0.140. The Kier molecular flexibility index (Phi) is 12.2. The maximum Gasteiger partial charge on any atom is 0.362 e. The lowest BCUT2D eigenvalue weighted by atomic mass is 9.21. The van der Waals surface area contributed by atoms with Crippen LogP contribution in [0.1, 0.15) is 66.8 Å². The van der Waals surface area contributed by atoms with Crippen LogP contribution in [0.3, 0.4) is 0 Å². The van der Waals surface area contributed by atoms with Gasteiger partial charge in [0, 0.05) is 44.8 Å². The summed E-state index contributed by atoms with van der Waals surface area (Å²) in [5.41, 5.74) is 42.5. The molecule has 8 aromatic carbocycles. The van der Waals surface area contributed by atoms with Crippen LogP contribution in [-0.4, -0.2) is 21.4 Å². The predicted octanol–water partition coefficient (Wildman–Crippen LogP) is 16.0. The van der Waals surface area contributed by atoms with Gasteiger partial charge in [0.1, 0.15) is 12.4 Å². The highest BCUT2D eigenvalue weighted by molar-refractivity contribution is 7.08. The van der Waals surface area contributed by atoms with E-state index in [9.17, 15) is 0 Å². The van der Waals surface area contributed by atoms with Crippen molar-refractivity contribution in [3.8, 4) is 44.8 Å². The fourth-order valence-corrected chi connectivity index (χ4v) is 19.8. The van der Waals surface area contributed by atoms with Crippen molar-refractivity contribution in [1.82, 2.24) is 8.80 Å². The minimum atomic E-state index is -1.69. The van der Waals surface area contributed by atoms with Crippen LogP contribution in [0.25, 0.3) is 99.4 Å². The average molecular weight is 1190 g/mol. The van der Waals surface area contributed by atoms with E-state index in [2.05, 4.69) is 332 Å². The predicted molar refractivity (Wildman–Crippen MR) is 392 cm³/mol. The number of nitrogens with zero attached hydrogens (tertiary/aromatic N) is 4. The number of hydrogen-bond acceptors (Lipinski definition) is 0. The summed E-state index contributed by atoms with van der Waals surface area (Å²) in [4.78, 5) is 0. The Balaban J connectivity index is 0.000000141. The molecule has 6 heteroatoms. The van der Waals surface area contributed by atoms with Gasteiger partial charge in [-0.25, -0.2) is 0 Å². The van der Waals surface area contributed by atoms with E-state index in [-0.39, 0.29) is 0 Å². The summed E-state index contributed by atoms with van der Waals surface area (Å²) >= 11 is 0. The number of aryl methyl sites for hydroxylation is 12. The molecule has 0 radical (unpaired) electrons. The maximum absolute atomic E-state index is 2.68. The van der Waals surface area contributed by atoms with Gasteiger partial charge < -0.3 is 17.8 Å². The van der Waals surface area contributed by atoms with E-state index in [0.717, 1.165) is 0 Å². The minimum Gasteiger partial charge on any atom is -0.408 e. The molecule has 2 aliphatic heterocycles. The second-order valence-electron chi connectivity index (χ2n) is 27.6. The first-order chi connectivity index (χ1) is 44.6. The lowest BCUT2D eigenvalue weighted by Gasteiger charge is -2.42. The van der Waals surface area contributed by atoms with Crippen LogP contribution in [-0.2, 0) is 0 Å². The number of pyridine rings is 4. The molecule has 0 saturated heterocycles. The van der Waals surface area contributed by atoms with Gasteiger partial charge in [0.15, 0.2) is 11.4 Å². The largest absolute Gasteiger partial charge is 0.408 e. The van der Waals surface area contributed by atoms with Gasteiger partial charge in [-0.15, -0.1) is 32.8 Å². The summed E-state index contributed by atoms with van der Waals surface area (Å²) in [5, 5.41) is 5.23. The van der Waals surface area contributed by atoms with Crippen LogP contribution in [0.5, 0.6) is 0 Å². The molecule has 10 heterocycles. The van der Waals surface area contributed by atoms with Gasteiger partial charge in [-0.1, -0.05) is 237 Å². The zero-order chi connectivity index (χ0) is 63.0. The molecular formula is C86H74B2N4. The molecule has 8 aromatic heterocycles. The molecule has 444 valence electrons. The van der Waals surface area contributed by atoms with Crippen molar-refractivity contribution in [3.63, 3.8) is 0 Å². The Labute approximate surface area is 539 Å². The third kappa shape index (κ3) is 7.32. The maximum atomic E-state index is 2.68. The van der Waals surface area contributed by atoms with Crippen molar-refractivity contribution in [2.75, 3.05) is 0 Å². The zero-order valence-electron chi connectivity index (χ0n) is 54.9. The van der Waals surface area contributed by atoms with E-state index in [4.69, 9.17) is 0 Å². The lowest BCUT2D eigenvalue weighted by molar-refractivity contribution is -0.527. The number of aromatic nitrogens is 4. The molecule has 18 rings (SSSR count). The minimum absolute atomic E-state index is 1.26.